The van der Waals surface area contributed by atoms with Crippen molar-refractivity contribution in [1.29, 1.82) is 0 Å². The van der Waals surface area contributed by atoms with Crippen LogP contribution in [0.4, 0.5) is 0 Å². The van der Waals surface area contributed by atoms with Gasteiger partial charge in [0.1, 0.15) is 18.5 Å². The van der Waals surface area contributed by atoms with Gasteiger partial charge in [0.25, 0.3) is 0 Å². The Morgan fingerprint density at radius 3 is 2.77 bits per heavy atom. The molecule has 0 amide bonds. The third kappa shape index (κ3) is 4.23. The van der Waals surface area contributed by atoms with Gasteiger partial charge in [0.2, 0.25) is 12.5 Å². The molecule has 4 heterocycles. The van der Waals surface area contributed by atoms with Crippen molar-refractivity contribution in [1.82, 2.24) is 9.55 Å². The highest BCUT2D eigenvalue weighted by Gasteiger charge is 2.29. The average molecular weight is 523 g/mol. The van der Waals surface area contributed by atoms with E-state index in [1.807, 2.05) is 53.2 Å². The number of aliphatic hydroxyl groups excluding tert-OH is 1. The van der Waals surface area contributed by atoms with Crippen molar-refractivity contribution >= 4 is 10.8 Å². The Morgan fingerprint density at radius 2 is 1.92 bits per heavy atom. The zero-order valence-corrected chi connectivity index (χ0v) is 21.5. The van der Waals surface area contributed by atoms with Gasteiger partial charge in [-0.3, -0.25) is 0 Å². The maximum absolute atomic E-state index is 10.9. The molecule has 7 rings (SSSR count). The van der Waals surface area contributed by atoms with Crippen molar-refractivity contribution in [2.75, 3.05) is 20.5 Å². The molecule has 39 heavy (non-hydrogen) atoms. The van der Waals surface area contributed by atoms with E-state index in [9.17, 15) is 5.11 Å². The third-order valence-corrected chi connectivity index (χ3v) is 7.37. The van der Waals surface area contributed by atoms with Crippen LogP contribution >= 0.6 is 0 Å². The van der Waals surface area contributed by atoms with E-state index < -0.39 is 6.10 Å². The van der Waals surface area contributed by atoms with Crippen molar-refractivity contribution in [3.63, 3.8) is 0 Å². The lowest BCUT2D eigenvalue weighted by atomic mass is 9.95. The highest BCUT2D eigenvalue weighted by molar-refractivity contribution is 5.91. The topological polar surface area (TPSA) is 78.9 Å². The Labute approximate surface area is 225 Å². The van der Waals surface area contributed by atoms with Crippen LogP contribution in [0.15, 0.2) is 79.3 Å². The van der Waals surface area contributed by atoms with Crippen LogP contribution in [0.2, 0.25) is 0 Å². The molecule has 8 heteroatoms. The first-order valence-electron chi connectivity index (χ1n) is 13.0. The number of rotatable bonds is 7. The average Bonchev–Trinajstić information content (AvgIpc) is 3.63. The minimum absolute atomic E-state index is 0.107. The molecule has 0 bridgehead atoms. The fourth-order valence-electron chi connectivity index (χ4n) is 5.47. The Hall–Kier alpha value is -4.56. The van der Waals surface area contributed by atoms with Crippen LogP contribution in [0.5, 0.6) is 23.0 Å². The van der Waals surface area contributed by atoms with E-state index in [0.717, 1.165) is 57.9 Å². The van der Waals surface area contributed by atoms with Crippen LogP contribution in [0.3, 0.4) is 0 Å². The maximum Gasteiger partial charge on any atom is 0.231 e. The molecule has 0 spiro atoms. The van der Waals surface area contributed by atoms with Crippen molar-refractivity contribution in [2.45, 2.75) is 25.6 Å². The van der Waals surface area contributed by atoms with E-state index in [-0.39, 0.29) is 13.4 Å². The minimum Gasteiger partial charge on any atom is -0.493 e. The Morgan fingerprint density at radius 1 is 1.08 bits per heavy atom. The monoisotopic (exact) mass is 522 g/mol. The Kier molecular flexibility index (Phi) is 5.82. The van der Waals surface area contributed by atoms with Crippen LogP contribution in [0.1, 0.15) is 5.56 Å². The molecule has 1 atom stereocenters. The summed E-state index contributed by atoms with van der Waals surface area (Å²) in [7, 11) is 1.63. The highest BCUT2D eigenvalue weighted by Crippen LogP contribution is 2.41. The second-order valence-electron chi connectivity index (χ2n) is 9.80. The second kappa shape index (κ2) is 9.63. The number of aryl methyl sites for hydroxylation is 2. The molecule has 2 aliphatic rings. The molecule has 0 aliphatic carbocycles. The first-order valence-corrected chi connectivity index (χ1v) is 13.0. The predicted octanol–water partition coefficient (Wildman–Crippen LogP) is 4.39. The van der Waals surface area contributed by atoms with E-state index in [0.29, 0.717) is 18.0 Å². The van der Waals surface area contributed by atoms with Gasteiger partial charge in [-0.2, -0.15) is 4.57 Å². The number of pyridine rings is 1. The van der Waals surface area contributed by atoms with Crippen LogP contribution in [0, 0.1) is 0 Å². The first-order chi connectivity index (χ1) is 19.2. The lowest BCUT2D eigenvalue weighted by Gasteiger charge is -2.19. The molecule has 2 aliphatic heterocycles. The quantitative estimate of drug-likeness (QED) is 0.320. The fraction of sp³-hybridized carbons (Fsp3) is 0.226. The molecule has 1 unspecified atom stereocenters. The number of nitrogens with zero attached hydrogens (tertiary/aromatic N) is 3. The normalized spacial score (nSPS) is 14.1. The summed E-state index contributed by atoms with van der Waals surface area (Å²) in [5.74, 6) is 3.65. The SMILES string of the molecule is COc1ccc2cc3[n+](cc2c1OCC(O)Cn1ccnc1-c1ccccc1)CCc1cc2c(cc1-3)OCO2. The van der Waals surface area contributed by atoms with Crippen molar-refractivity contribution < 1.29 is 28.6 Å². The molecule has 0 radical (unpaired) electrons. The van der Waals surface area contributed by atoms with Crippen LogP contribution < -0.4 is 23.5 Å². The van der Waals surface area contributed by atoms with E-state index in [4.69, 9.17) is 18.9 Å². The summed E-state index contributed by atoms with van der Waals surface area (Å²) in [4.78, 5) is 4.48. The number of aromatic nitrogens is 3. The molecular weight excluding hydrogens is 494 g/mol. The summed E-state index contributed by atoms with van der Waals surface area (Å²) >= 11 is 0. The molecule has 1 N–H and O–H groups in total. The number of ether oxygens (including phenoxy) is 4. The van der Waals surface area contributed by atoms with Crippen molar-refractivity contribution in [3.8, 4) is 45.6 Å². The molecule has 0 saturated heterocycles. The number of methoxy groups -OCH3 is 1. The van der Waals surface area contributed by atoms with Gasteiger partial charge in [-0.25, -0.2) is 4.98 Å². The van der Waals surface area contributed by atoms with E-state index in [1.54, 1.807) is 13.3 Å². The summed E-state index contributed by atoms with van der Waals surface area (Å²) in [6.45, 7) is 1.56. The molecular formula is C31H28N3O5+. The van der Waals surface area contributed by atoms with Gasteiger partial charge in [-0.1, -0.05) is 30.3 Å². The first kappa shape index (κ1) is 23.5. The number of benzene rings is 3. The zero-order valence-electron chi connectivity index (χ0n) is 21.5. The van der Waals surface area contributed by atoms with Gasteiger partial charge in [-0.05, 0) is 35.2 Å². The largest absolute Gasteiger partial charge is 0.493 e. The molecule has 5 aromatic rings. The van der Waals surface area contributed by atoms with Gasteiger partial charge < -0.3 is 28.6 Å². The standard InChI is InChI=1S/C31H28N3O5/c1-36-27-8-7-21-13-26-24-15-29-28(38-19-39-29)14-22(24)9-11-33(26)17-25(21)30(27)37-18-23(35)16-34-12-10-32-31(34)20-5-3-2-4-6-20/h2-8,10,12-15,17,23,35H,9,11,16,18-19H2,1H3/q+1. The smallest absolute Gasteiger partial charge is 0.231 e. The van der Waals surface area contributed by atoms with Gasteiger partial charge in [0.05, 0.1) is 24.6 Å². The molecule has 0 fully saturated rings. The summed E-state index contributed by atoms with van der Waals surface area (Å²) in [5, 5.41) is 12.9. The van der Waals surface area contributed by atoms with Crippen molar-refractivity contribution in [3.05, 3.63) is 84.8 Å². The Bertz CT molecular complexity index is 1680. The number of aliphatic hydroxyl groups is 1. The van der Waals surface area contributed by atoms with Crippen LogP contribution in [-0.4, -0.2) is 41.3 Å². The fourth-order valence-corrected chi connectivity index (χ4v) is 5.47. The van der Waals surface area contributed by atoms with Crippen LogP contribution in [0.25, 0.3) is 33.4 Å². The summed E-state index contributed by atoms with van der Waals surface area (Å²) in [6.07, 6.45) is 5.88. The summed E-state index contributed by atoms with van der Waals surface area (Å²) in [6, 6.07) is 20.2. The highest BCUT2D eigenvalue weighted by atomic mass is 16.7. The third-order valence-electron chi connectivity index (χ3n) is 7.37. The maximum atomic E-state index is 10.9. The Balaban J connectivity index is 1.17. The second-order valence-corrected chi connectivity index (χ2v) is 9.80. The van der Waals surface area contributed by atoms with E-state index in [2.05, 4.69) is 33.9 Å². The molecule has 196 valence electrons. The van der Waals surface area contributed by atoms with Crippen LogP contribution in [-0.2, 0) is 19.5 Å². The lowest BCUT2D eigenvalue weighted by Crippen LogP contribution is -2.40. The number of hydrogen-bond donors (Lipinski definition) is 1. The molecule has 8 nitrogen and oxygen atoms in total. The summed E-state index contributed by atoms with van der Waals surface area (Å²) in [5.41, 5.74) is 4.52. The molecule has 2 aromatic heterocycles. The van der Waals surface area contributed by atoms with Gasteiger partial charge in [0, 0.05) is 30.4 Å². The van der Waals surface area contributed by atoms with Gasteiger partial charge >= 0.3 is 0 Å². The lowest BCUT2D eigenvalue weighted by molar-refractivity contribution is -0.686. The minimum atomic E-state index is -0.747. The van der Waals surface area contributed by atoms with Gasteiger partial charge in [0.15, 0.2) is 35.7 Å². The zero-order chi connectivity index (χ0) is 26.3. The number of fused-ring (bicyclic) bond motifs is 5. The van der Waals surface area contributed by atoms with E-state index in [1.165, 1.54) is 5.56 Å². The van der Waals surface area contributed by atoms with Crippen molar-refractivity contribution in [2.24, 2.45) is 0 Å². The molecule has 3 aromatic carbocycles. The number of hydrogen-bond acceptors (Lipinski definition) is 6. The molecule has 0 saturated carbocycles. The summed E-state index contributed by atoms with van der Waals surface area (Å²) < 4.78 is 27.3. The predicted molar refractivity (Wildman–Crippen MR) is 145 cm³/mol. The van der Waals surface area contributed by atoms with E-state index >= 15 is 0 Å². The van der Waals surface area contributed by atoms with Gasteiger partial charge in [-0.15, -0.1) is 0 Å². The number of imidazole rings is 1.